The van der Waals surface area contributed by atoms with E-state index in [2.05, 4.69) is 13.8 Å². The van der Waals surface area contributed by atoms with Crippen LogP contribution in [0.1, 0.15) is 33.1 Å². The van der Waals surface area contributed by atoms with Gasteiger partial charge in [-0.2, -0.15) is 0 Å². The van der Waals surface area contributed by atoms with Gasteiger partial charge in [0.2, 0.25) is 0 Å². The molecule has 2 aliphatic rings. The van der Waals surface area contributed by atoms with Crippen molar-refractivity contribution in [3.63, 3.8) is 0 Å². The number of esters is 1. The van der Waals surface area contributed by atoms with Gasteiger partial charge in [0.1, 0.15) is 6.10 Å². The van der Waals surface area contributed by atoms with Crippen molar-refractivity contribution in [2.75, 3.05) is 0 Å². The summed E-state index contributed by atoms with van der Waals surface area (Å²) in [5.41, 5.74) is 0.333. The molecule has 0 N–H and O–H groups in total. The number of hydrogen-bond acceptors (Lipinski definition) is 2. The average Bonchev–Trinajstić information content (AvgIpc) is 2.54. The second-order valence-corrected chi connectivity index (χ2v) is 5.03. The molecule has 14 heavy (non-hydrogen) atoms. The monoisotopic (exact) mass is 192 g/mol. The fourth-order valence-electron chi connectivity index (χ4n) is 3.26. The first kappa shape index (κ1) is 9.58. The number of hydrogen-bond donors (Lipinski definition) is 0. The van der Waals surface area contributed by atoms with E-state index in [1.165, 1.54) is 12.8 Å². The summed E-state index contributed by atoms with van der Waals surface area (Å²) in [6.45, 7) is 4.55. The number of carbonyl (C=O) groups excluding carboxylic acids is 1. The molecule has 0 saturated heterocycles. The van der Waals surface area contributed by atoms with Crippen molar-refractivity contribution in [1.29, 1.82) is 0 Å². The van der Waals surface area contributed by atoms with Gasteiger partial charge < -0.3 is 4.74 Å². The minimum atomic E-state index is -0.502. The zero-order chi connectivity index (χ0) is 10.3. The Morgan fingerprint density at radius 1 is 1.50 bits per heavy atom. The number of carbonyl (C=O) groups is 1. The van der Waals surface area contributed by atoms with Gasteiger partial charge in [0.05, 0.1) is 0 Å². The van der Waals surface area contributed by atoms with E-state index in [-0.39, 0.29) is 6.10 Å². The molecule has 2 bridgehead atoms. The molecule has 0 heterocycles. The number of fused-ring (bicyclic) bond motifs is 2. The molecule has 76 valence electrons. The second-order valence-electron chi connectivity index (χ2n) is 5.03. The van der Waals surface area contributed by atoms with E-state index < -0.39 is 5.97 Å². The third-order valence-electron chi connectivity index (χ3n) is 4.18. The van der Waals surface area contributed by atoms with Crippen LogP contribution in [-0.2, 0) is 9.53 Å². The Morgan fingerprint density at radius 3 is 2.64 bits per heavy atom. The third kappa shape index (κ3) is 1.23. The van der Waals surface area contributed by atoms with Crippen LogP contribution in [0.25, 0.3) is 0 Å². The molecule has 3 atom stereocenters. The number of terminal acetylenes is 1. The van der Waals surface area contributed by atoms with Gasteiger partial charge in [0.15, 0.2) is 0 Å². The third-order valence-corrected chi connectivity index (χ3v) is 4.18. The van der Waals surface area contributed by atoms with Gasteiger partial charge in [-0.1, -0.05) is 13.8 Å². The lowest BCUT2D eigenvalue weighted by Crippen LogP contribution is -2.26. The Balaban J connectivity index is 2.06. The summed E-state index contributed by atoms with van der Waals surface area (Å²) < 4.78 is 5.25. The molecular formula is C12H16O2. The average molecular weight is 192 g/mol. The molecule has 0 aromatic rings. The van der Waals surface area contributed by atoms with Crippen LogP contribution in [0.4, 0.5) is 0 Å². The molecule has 2 heteroatoms. The van der Waals surface area contributed by atoms with E-state index in [1.54, 1.807) is 0 Å². The first-order valence-corrected chi connectivity index (χ1v) is 5.23. The van der Waals surface area contributed by atoms with Crippen molar-refractivity contribution < 1.29 is 9.53 Å². The highest BCUT2D eigenvalue weighted by molar-refractivity contribution is 5.87. The van der Waals surface area contributed by atoms with E-state index in [1.807, 2.05) is 5.92 Å². The van der Waals surface area contributed by atoms with Gasteiger partial charge >= 0.3 is 5.97 Å². The minimum absolute atomic E-state index is 0.0762. The van der Waals surface area contributed by atoms with Crippen LogP contribution >= 0.6 is 0 Å². The molecule has 0 radical (unpaired) electrons. The van der Waals surface area contributed by atoms with E-state index in [9.17, 15) is 4.79 Å². The normalized spacial score (nSPS) is 37.9. The van der Waals surface area contributed by atoms with Gasteiger partial charge in [0.25, 0.3) is 0 Å². The number of ether oxygens (including phenoxy) is 1. The van der Waals surface area contributed by atoms with Crippen molar-refractivity contribution in [3.05, 3.63) is 0 Å². The van der Waals surface area contributed by atoms with Gasteiger partial charge in [0, 0.05) is 11.8 Å². The standard InChI is InChI=1S/C12H16O2/c1-4-11(13)14-10-7-8-5-6-9(10)12(8,2)3/h1,8-10H,5-7H2,2-3H3/t8?,9?,10-/m0/s1. The Labute approximate surface area is 85.0 Å². The maximum atomic E-state index is 11.0. The summed E-state index contributed by atoms with van der Waals surface area (Å²) in [5.74, 6) is 2.75. The molecule has 0 spiro atoms. The Morgan fingerprint density at radius 2 is 2.21 bits per heavy atom. The van der Waals surface area contributed by atoms with Gasteiger partial charge in [-0.3, -0.25) is 0 Å². The lowest BCUT2D eigenvalue weighted by atomic mass is 9.82. The second kappa shape index (κ2) is 3.02. The number of rotatable bonds is 1. The molecule has 2 fully saturated rings. The molecular weight excluding hydrogens is 176 g/mol. The fraction of sp³-hybridized carbons (Fsp3) is 0.750. The van der Waals surface area contributed by atoms with Crippen LogP contribution in [0.2, 0.25) is 0 Å². The highest BCUT2D eigenvalue weighted by Gasteiger charge is 2.54. The Hall–Kier alpha value is -0.970. The quantitative estimate of drug-likeness (QED) is 0.361. The minimum Gasteiger partial charge on any atom is -0.452 e. The van der Waals surface area contributed by atoms with Crippen molar-refractivity contribution >= 4 is 5.97 Å². The Bertz CT molecular complexity index is 298. The zero-order valence-corrected chi connectivity index (χ0v) is 8.75. The molecule has 0 aromatic heterocycles. The molecule has 2 nitrogen and oxygen atoms in total. The van der Waals surface area contributed by atoms with Crippen LogP contribution in [-0.4, -0.2) is 12.1 Å². The van der Waals surface area contributed by atoms with Gasteiger partial charge in [-0.25, -0.2) is 4.79 Å². The van der Waals surface area contributed by atoms with Crippen LogP contribution in [0, 0.1) is 29.6 Å². The van der Waals surface area contributed by atoms with Crippen molar-refractivity contribution in [2.45, 2.75) is 39.2 Å². The molecule has 0 aliphatic heterocycles. The van der Waals surface area contributed by atoms with Crippen molar-refractivity contribution in [3.8, 4) is 12.3 Å². The molecule has 0 amide bonds. The Kier molecular flexibility index (Phi) is 2.06. The van der Waals surface area contributed by atoms with E-state index in [0.717, 1.165) is 6.42 Å². The highest BCUT2D eigenvalue weighted by atomic mass is 16.5. The smallest absolute Gasteiger partial charge is 0.384 e. The fourth-order valence-corrected chi connectivity index (χ4v) is 3.26. The first-order chi connectivity index (χ1) is 6.55. The van der Waals surface area contributed by atoms with Crippen molar-refractivity contribution in [2.24, 2.45) is 17.3 Å². The SMILES string of the molecule is C#CC(=O)O[C@H]1CC2CCC1C2(C)C. The maximum Gasteiger partial charge on any atom is 0.384 e. The van der Waals surface area contributed by atoms with Gasteiger partial charge in [-0.05, 0) is 30.6 Å². The molecule has 2 unspecified atom stereocenters. The summed E-state index contributed by atoms with van der Waals surface area (Å²) in [4.78, 5) is 11.0. The van der Waals surface area contributed by atoms with E-state index >= 15 is 0 Å². The van der Waals surface area contributed by atoms with Crippen molar-refractivity contribution in [1.82, 2.24) is 0 Å². The summed E-state index contributed by atoms with van der Waals surface area (Å²) in [6, 6.07) is 0. The van der Waals surface area contributed by atoms with E-state index in [0.29, 0.717) is 17.3 Å². The molecule has 2 saturated carbocycles. The van der Waals surface area contributed by atoms with Crippen LogP contribution in [0.15, 0.2) is 0 Å². The zero-order valence-electron chi connectivity index (χ0n) is 8.75. The summed E-state index contributed by atoms with van der Waals surface area (Å²) in [7, 11) is 0. The summed E-state index contributed by atoms with van der Waals surface area (Å²) >= 11 is 0. The maximum absolute atomic E-state index is 11.0. The first-order valence-electron chi connectivity index (χ1n) is 5.23. The van der Waals surface area contributed by atoms with E-state index in [4.69, 9.17) is 11.2 Å². The topological polar surface area (TPSA) is 26.3 Å². The predicted octanol–water partition coefficient (Wildman–Crippen LogP) is 1.99. The lowest BCUT2D eigenvalue weighted by molar-refractivity contribution is -0.144. The highest BCUT2D eigenvalue weighted by Crippen LogP contribution is 2.58. The van der Waals surface area contributed by atoms with Crippen LogP contribution in [0.5, 0.6) is 0 Å². The summed E-state index contributed by atoms with van der Waals surface area (Å²) in [5, 5.41) is 0. The van der Waals surface area contributed by atoms with Gasteiger partial charge in [-0.15, -0.1) is 6.42 Å². The molecule has 0 aromatic carbocycles. The largest absolute Gasteiger partial charge is 0.452 e. The summed E-state index contributed by atoms with van der Waals surface area (Å²) in [6.07, 6.45) is 8.53. The van der Waals surface area contributed by atoms with Crippen LogP contribution < -0.4 is 0 Å². The predicted molar refractivity (Wildman–Crippen MR) is 53.3 cm³/mol. The van der Waals surface area contributed by atoms with Crippen LogP contribution in [0.3, 0.4) is 0 Å². The molecule has 2 aliphatic carbocycles. The molecule has 2 rings (SSSR count). The lowest BCUT2D eigenvalue weighted by Gasteiger charge is -2.25.